The third-order valence-electron chi connectivity index (χ3n) is 7.62. The Hall–Kier alpha value is -5.00. The minimum absolute atomic E-state index is 0.228. The Labute approximate surface area is 274 Å². The molecule has 256 valence electrons. The number of rotatable bonds is 11. The summed E-state index contributed by atoms with van der Waals surface area (Å²) in [5.74, 6) is -8.29. The summed E-state index contributed by atoms with van der Waals surface area (Å²) in [7, 11) is 0. The van der Waals surface area contributed by atoms with Crippen molar-refractivity contribution in [3.05, 3.63) is 131 Å². The van der Waals surface area contributed by atoms with Gasteiger partial charge in [-0.2, -0.15) is 8.78 Å². The van der Waals surface area contributed by atoms with Gasteiger partial charge in [0.25, 0.3) is 0 Å². The van der Waals surface area contributed by atoms with Crippen molar-refractivity contribution in [2.24, 2.45) is 0 Å². The topological polar surface area (TPSA) is 18.5 Å². The molecule has 0 heterocycles. The van der Waals surface area contributed by atoms with Crippen LogP contribution in [0.4, 0.5) is 43.9 Å². The maximum Gasteiger partial charge on any atom is 0.573 e. The highest BCUT2D eigenvalue weighted by molar-refractivity contribution is 5.72. The molecule has 0 saturated carbocycles. The van der Waals surface area contributed by atoms with Crippen LogP contribution in [0.2, 0.25) is 0 Å². The maximum absolute atomic E-state index is 15.2. The molecule has 0 atom stereocenters. The molecule has 5 aromatic rings. The third kappa shape index (κ3) is 8.36. The molecular weight excluding hydrogens is 666 g/mol. The van der Waals surface area contributed by atoms with E-state index in [1.54, 1.807) is 12.1 Å². The van der Waals surface area contributed by atoms with Crippen LogP contribution in [0, 0.1) is 29.1 Å². The highest BCUT2D eigenvalue weighted by Gasteiger charge is 2.38. The lowest BCUT2D eigenvalue weighted by atomic mass is 9.96. The third-order valence-corrected chi connectivity index (χ3v) is 7.62. The maximum atomic E-state index is 15.2. The number of halogens is 10. The van der Waals surface area contributed by atoms with Crippen LogP contribution in [0.15, 0.2) is 91.0 Å². The van der Waals surface area contributed by atoms with E-state index in [9.17, 15) is 22.0 Å². The predicted molar refractivity (Wildman–Crippen MR) is 163 cm³/mol. The smallest absolute Gasteiger partial charge is 0.429 e. The van der Waals surface area contributed by atoms with Crippen LogP contribution >= 0.6 is 0 Å². The van der Waals surface area contributed by atoms with Crippen molar-refractivity contribution in [1.29, 1.82) is 0 Å². The number of ether oxygens (including phenoxy) is 2. The summed E-state index contributed by atoms with van der Waals surface area (Å²) in [6, 6.07) is 15.6. The highest BCUT2D eigenvalue weighted by atomic mass is 19.4. The van der Waals surface area contributed by atoms with Gasteiger partial charge in [-0.1, -0.05) is 56.2 Å². The van der Waals surface area contributed by atoms with Crippen molar-refractivity contribution < 1.29 is 53.4 Å². The normalized spacial score (nSPS) is 11.9. The average Bonchev–Trinajstić information content (AvgIpc) is 3.01. The molecule has 0 N–H and O–H groups in total. The molecule has 12 heteroatoms. The Morgan fingerprint density at radius 3 is 1.73 bits per heavy atom. The minimum Gasteiger partial charge on any atom is -0.429 e. The van der Waals surface area contributed by atoms with Crippen LogP contribution in [0.1, 0.15) is 37.3 Å². The Morgan fingerprint density at radius 1 is 0.531 bits per heavy atom. The summed E-state index contributed by atoms with van der Waals surface area (Å²) >= 11 is 0. The SMILES string of the molecule is CCCCCc1ccc(-c2cc(F)c(-c3ccc(C(F)(F)Oc4ccc(-c5ccc(OC(F)(F)F)c(F)c5)c(F)c4)c(F)c3)c(F)c2)cc1. The van der Waals surface area contributed by atoms with Crippen molar-refractivity contribution >= 4 is 0 Å². The fourth-order valence-electron chi connectivity index (χ4n) is 5.24. The molecule has 2 nitrogen and oxygen atoms in total. The first-order valence-corrected chi connectivity index (χ1v) is 15.0. The minimum atomic E-state index is -5.17. The second kappa shape index (κ2) is 14.2. The van der Waals surface area contributed by atoms with E-state index in [2.05, 4.69) is 16.4 Å². The average molecular weight is 693 g/mol. The number of benzene rings is 5. The predicted octanol–water partition coefficient (Wildman–Crippen LogP) is 12.1. The van der Waals surface area contributed by atoms with Gasteiger partial charge in [0.05, 0.1) is 11.1 Å². The zero-order chi connectivity index (χ0) is 35.5. The van der Waals surface area contributed by atoms with Crippen molar-refractivity contribution in [2.75, 3.05) is 0 Å². The number of hydrogen-bond acceptors (Lipinski definition) is 2. The van der Waals surface area contributed by atoms with E-state index in [4.69, 9.17) is 0 Å². The Balaban J connectivity index is 1.33. The molecule has 0 aliphatic carbocycles. The summed E-state index contributed by atoms with van der Waals surface area (Å²) in [6.07, 6.45) is -5.52. The first-order valence-electron chi connectivity index (χ1n) is 15.0. The van der Waals surface area contributed by atoms with E-state index in [0.717, 1.165) is 67.6 Å². The molecular formula is C37H26F10O2. The van der Waals surface area contributed by atoms with Gasteiger partial charge in [0.2, 0.25) is 0 Å². The molecule has 0 fully saturated rings. The fraction of sp³-hybridized carbons (Fsp3) is 0.189. The number of hydrogen-bond donors (Lipinski definition) is 0. The van der Waals surface area contributed by atoms with Gasteiger partial charge in [0.15, 0.2) is 11.6 Å². The molecule has 5 rings (SSSR count). The van der Waals surface area contributed by atoms with Crippen molar-refractivity contribution in [1.82, 2.24) is 0 Å². The van der Waals surface area contributed by atoms with Gasteiger partial charge in [0.1, 0.15) is 29.0 Å². The zero-order valence-corrected chi connectivity index (χ0v) is 25.6. The first kappa shape index (κ1) is 35.3. The van der Waals surface area contributed by atoms with Gasteiger partial charge in [-0.25, -0.2) is 22.0 Å². The quantitative estimate of drug-likeness (QED) is 0.101. The molecule has 0 saturated heterocycles. The standard InChI is InChI=1S/C37H26F10O2/c1-2-3-4-5-21-6-8-22(9-7-21)25-18-32(41)35(33(42)19-25)24-10-14-28(30(39)17-24)36(43,44)48-26-12-13-27(29(38)20-26)23-11-15-34(31(40)16-23)49-37(45,46)47/h6-20H,2-5H2,1H3. The molecule has 0 aliphatic heterocycles. The van der Waals surface area contributed by atoms with E-state index in [1.165, 1.54) is 0 Å². The van der Waals surface area contributed by atoms with Crippen molar-refractivity contribution in [2.45, 2.75) is 45.1 Å². The Kier molecular flexibility index (Phi) is 10.3. The van der Waals surface area contributed by atoms with Gasteiger partial charge in [-0.05, 0) is 89.2 Å². The zero-order valence-electron chi connectivity index (χ0n) is 25.6. The van der Waals surface area contributed by atoms with E-state index >= 15 is 22.0 Å². The molecule has 49 heavy (non-hydrogen) atoms. The molecule has 0 unspecified atom stereocenters. The van der Waals surface area contributed by atoms with Gasteiger partial charge >= 0.3 is 12.5 Å². The lowest BCUT2D eigenvalue weighted by Gasteiger charge is -2.20. The first-order chi connectivity index (χ1) is 23.1. The van der Waals surface area contributed by atoms with Crippen LogP contribution in [-0.2, 0) is 12.5 Å². The number of alkyl halides is 5. The fourth-order valence-corrected chi connectivity index (χ4v) is 5.24. The monoisotopic (exact) mass is 692 g/mol. The van der Waals surface area contributed by atoms with Gasteiger partial charge in [-0.15, -0.1) is 13.2 Å². The van der Waals surface area contributed by atoms with E-state index in [1.807, 2.05) is 12.1 Å². The van der Waals surface area contributed by atoms with Crippen molar-refractivity contribution in [3.63, 3.8) is 0 Å². The summed E-state index contributed by atoms with van der Waals surface area (Å²) < 4.78 is 150. The highest BCUT2D eigenvalue weighted by Crippen LogP contribution is 2.38. The van der Waals surface area contributed by atoms with Gasteiger partial charge in [-0.3, -0.25) is 0 Å². The Morgan fingerprint density at radius 2 is 1.14 bits per heavy atom. The summed E-state index contributed by atoms with van der Waals surface area (Å²) in [5.41, 5.74) is -1.08. The van der Waals surface area contributed by atoms with Gasteiger partial charge in [0, 0.05) is 11.6 Å². The van der Waals surface area contributed by atoms with Crippen LogP contribution in [0.25, 0.3) is 33.4 Å². The summed E-state index contributed by atoms with van der Waals surface area (Å²) in [5, 5.41) is 0. The van der Waals surface area contributed by atoms with E-state index in [-0.39, 0.29) is 22.3 Å². The molecule has 0 spiro atoms. The van der Waals surface area contributed by atoms with Crippen LogP contribution in [-0.4, -0.2) is 6.36 Å². The molecule has 0 amide bonds. The van der Waals surface area contributed by atoms with Crippen molar-refractivity contribution in [3.8, 4) is 44.9 Å². The number of aryl methyl sites for hydroxylation is 1. The molecule has 5 aromatic carbocycles. The van der Waals surface area contributed by atoms with E-state index < -0.39 is 64.2 Å². The largest absolute Gasteiger partial charge is 0.573 e. The lowest BCUT2D eigenvalue weighted by molar-refractivity contribution is -0.275. The lowest BCUT2D eigenvalue weighted by Crippen LogP contribution is -2.23. The number of unbranched alkanes of at least 4 members (excludes halogenated alkanes) is 2. The molecule has 0 bridgehead atoms. The Bertz CT molecular complexity index is 1930. The molecule has 0 aromatic heterocycles. The molecule has 0 aliphatic rings. The van der Waals surface area contributed by atoms with Gasteiger partial charge < -0.3 is 9.47 Å². The second-order valence-electron chi connectivity index (χ2n) is 11.1. The van der Waals surface area contributed by atoms with E-state index in [0.29, 0.717) is 35.9 Å². The second-order valence-corrected chi connectivity index (χ2v) is 11.1. The summed E-state index contributed by atoms with van der Waals surface area (Å²) in [4.78, 5) is 0. The molecule has 0 radical (unpaired) electrons. The van der Waals surface area contributed by atoms with Crippen LogP contribution in [0.5, 0.6) is 11.5 Å². The van der Waals surface area contributed by atoms with Crippen LogP contribution < -0.4 is 9.47 Å². The summed E-state index contributed by atoms with van der Waals surface area (Å²) in [6.45, 7) is 2.10. The van der Waals surface area contributed by atoms with Crippen LogP contribution in [0.3, 0.4) is 0 Å².